The molecule has 1 unspecified atom stereocenters. The van der Waals surface area contributed by atoms with Gasteiger partial charge in [-0.3, -0.25) is 9.78 Å². The van der Waals surface area contributed by atoms with Crippen molar-refractivity contribution >= 4 is 15.9 Å². The monoisotopic (exact) mass is 390 g/mol. The van der Waals surface area contributed by atoms with Crippen molar-refractivity contribution in [2.75, 3.05) is 19.3 Å². The number of aromatic nitrogens is 4. The van der Waals surface area contributed by atoms with Crippen molar-refractivity contribution in [3.8, 4) is 0 Å². The van der Waals surface area contributed by atoms with E-state index in [9.17, 15) is 13.2 Å². The van der Waals surface area contributed by atoms with Crippen LogP contribution in [0.2, 0.25) is 0 Å². The molecule has 9 nitrogen and oxygen atoms in total. The van der Waals surface area contributed by atoms with Gasteiger partial charge in [-0.05, 0) is 25.0 Å². The van der Waals surface area contributed by atoms with Gasteiger partial charge in [0.15, 0.2) is 11.6 Å². The third-order valence-electron chi connectivity index (χ3n) is 5.17. The van der Waals surface area contributed by atoms with Crippen LogP contribution in [0.4, 0.5) is 0 Å². The minimum Gasteiger partial charge on any atom is -0.329 e. The number of piperidine rings is 1. The van der Waals surface area contributed by atoms with Gasteiger partial charge in [-0.15, -0.1) is 10.2 Å². The number of pyridine rings is 1. The Hall–Kier alpha value is -2.33. The summed E-state index contributed by atoms with van der Waals surface area (Å²) in [7, 11) is -3.31. The highest BCUT2D eigenvalue weighted by Gasteiger charge is 2.36. The zero-order valence-electron chi connectivity index (χ0n) is 15.2. The van der Waals surface area contributed by atoms with Gasteiger partial charge in [0.1, 0.15) is 0 Å². The molecule has 27 heavy (non-hydrogen) atoms. The van der Waals surface area contributed by atoms with Gasteiger partial charge in [-0.25, -0.2) is 8.42 Å². The van der Waals surface area contributed by atoms with Crippen molar-refractivity contribution in [3.05, 3.63) is 41.7 Å². The lowest BCUT2D eigenvalue weighted by atomic mass is 10.0. The van der Waals surface area contributed by atoms with Crippen molar-refractivity contribution in [3.63, 3.8) is 0 Å². The van der Waals surface area contributed by atoms with E-state index in [-0.39, 0.29) is 11.9 Å². The second kappa shape index (κ2) is 7.01. The second-order valence-corrected chi connectivity index (χ2v) is 8.91. The molecule has 0 spiro atoms. The number of hydrogen-bond donors (Lipinski definition) is 0. The molecule has 144 valence electrons. The van der Waals surface area contributed by atoms with Gasteiger partial charge in [0.2, 0.25) is 10.0 Å². The Morgan fingerprint density at radius 1 is 1.11 bits per heavy atom. The van der Waals surface area contributed by atoms with E-state index in [1.165, 1.54) is 10.6 Å². The molecule has 2 aliphatic heterocycles. The molecule has 4 heterocycles. The smallest absolute Gasteiger partial charge is 0.254 e. The van der Waals surface area contributed by atoms with Gasteiger partial charge in [-0.2, -0.15) is 4.31 Å². The highest BCUT2D eigenvalue weighted by molar-refractivity contribution is 7.88. The van der Waals surface area contributed by atoms with Crippen molar-refractivity contribution < 1.29 is 13.2 Å². The van der Waals surface area contributed by atoms with E-state index in [4.69, 9.17) is 0 Å². The number of sulfonamides is 1. The number of nitrogens with zero attached hydrogens (tertiary/aromatic N) is 6. The van der Waals surface area contributed by atoms with E-state index in [1.54, 1.807) is 29.4 Å². The summed E-state index contributed by atoms with van der Waals surface area (Å²) in [5.41, 5.74) is 0.591. The summed E-state index contributed by atoms with van der Waals surface area (Å²) in [6.45, 7) is 1.96. The van der Waals surface area contributed by atoms with E-state index in [1.807, 2.05) is 4.57 Å². The van der Waals surface area contributed by atoms with E-state index in [0.717, 1.165) is 19.3 Å². The number of carbonyl (C=O) groups is 1. The van der Waals surface area contributed by atoms with Crippen LogP contribution in [0.3, 0.4) is 0 Å². The molecule has 1 amide bonds. The molecule has 0 radical (unpaired) electrons. The summed E-state index contributed by atoms with van der Waals surface area (Å²) >= 11 is 0. The molecule has 0 bridgehead atoms. The Balaban J connectivity index is 1.58. The lowest BCUT2D eigenvalue weighted by molar-refractivity contribution is 0.0704. The van der Waals surface area contributed by atoms with Crippen LogP contribution in [0.25, 0.3) is 0 Å². The molecule has 0 N–H and O–H groups in total. The largest absolute Gasteiger partial charge is 0.329 e. The number of carbonyl (C=O) groups excluding carboxylic acids is 1. The maximum absolute atomic E-state index is 12.7. The van der Waals surface area contributed by atoms with Crippen molar-refractivity contribution in [1.82, 2.24) is 29.0 Å². The third-order valence-corrected chi connectivity index (χ3v) is 6.46. The molecule has 0 aliphatic carbocycles. The fourth-order valence-corrected chi connectivity index (χ4v) is 4.96. The maximum Gasteiger partial charge on any atom is 0.254 e. The van der Waals surface area contributed by atoms with Crippen LogP contribution >= 0.6 is 0 Å². The molecule has 1 atom stereocenters. The molecule has 1 saturated heterocycles. The third kappa shape index (κ3) is 3.46. The first-order valence-corrected chi connectivity index (χ1v) is 10.9. The second-order valence-electron chi connectivity index (χ2n) is 6.97. The minimum absolute atomic E-state index is 0.0661. The molecule has 1 fully saturated rings. The van der Waals surface area contributed by atoms with E-state index in [0.29, 0.717) is 43.4 Å². The maximum atomic E-state index is 12.7. The van der Waals surface area contributed by atoms with Crippen molar-refractivity contribution in [1.29, 1.82) is 0 Å². The average Bonchev–Trinajstić information content (AvgIpc) is 3.10. The average molecular weight is 390 g/mol. The molecule has 0 aromatic carbocycles. The highest BCUT2D eigenvalue weighted by atomic mass is 32.2. The Kier molecular flexibility index (Phi) is 4.68. The standard InChI is InChI=1S/C17H22N6O3S/c1-27(25,26)23-9-3-2-4-14(23)16-20-19-15-12-21(10-11-22(15)16)17(24)13-5-7-18-8-6-13/h5-8,14H,2-4,9-12H2,1H3. The Labute approximate surface area is 158 Å². The first-order chi connectivity index (χ1) is 12.9. The predicted molar refractivity (Wildman–Crippen MR) is 97.1 cm³/mol. The van der Waals surface area contributed by atoms with E-state index >= 15 is 0 Å². The summed E-state index contributed by atoms with van der Waals surface area (Å²) in [4.78, 5) is 18.3. The van der Waals surface area contributed by atoms with Crippen LogP contribution in [0.5, 0.6) is 0 Å². The number of hydrogen-bond acceptors (Lipinski definition) is 6. The summed E-state index contributed by atoms with van der Waals surface area (Å²) in [6.07, 6.45) is 7.00. The zero-order chi connectivity index (χ0) is 19.0. The van der Waals surface area contributed by atoms with Crippen LogP contribution in [-0.2, 0) is 23.1 Å². The van der Waals surface area contributed by atoms with Gasteiger partial charge in [-0.1, -0.05) is 6.42 Å². The summed E-state index contributed by atoms with van der Waals surface area (Å²) in [6, 6.07) is 3.11. The van der Waals surface area contributed by atoms with E-state index < -0.39 is 10.0 Å². The number of fused-ring (bicyclic) bond motifs is 1. The van der Waals surface area contributed by atoms with E-state index in [2.05, 4.69) is 15.2 Å². The van der Waals surface area contributed by atoms with Crippen LogP contribution in [0.15, 0.2) is 24.5 Å². The van der Waals surface area contributed by atoms with Gasteiger partial charge in [0.05, 0.1) is 18.8 Å². The Morgan fingerprint density at radius 2 is 1.89 bits per heavy atom. The number of rotatable bonds is 3. The minimum atomic E-state index is -3.31. The van der Waals surface area contributed by atoms with Crippen molar-refractivity contribution in [2.24, 2.45) is 0 Å². The number of amides is 1. The molecule has 4 rings (SSSR count). The Morgan fingerprint density at radius 3 is 2.63 bits per heavy atom. The summed E-state index contributed by atoms with van der Waals surface area (Å²) < 4.78 is 27.8. The fraction of sp³-hybridized carbons (Fsp3) is 0.529. The van der Waals surface area contributed by atoms with Crippen LogP contribution in [-0.4, -0.2) is 62.6 Å². The molecular weight excluding hydrogens is 368 g/mol. The van der Waals surface area contributed by atoms with Gasteiger partial charge < -0.3 is 9.47 Å². The topological polar surface area (TPSA) is 101 Å². The van der Waals surface area contributed by atoms with Crippen LogP contribution in [0.1, 0.15) is 47.3 Å². The SMILES string of the molecule is CS(=O)(=O)N1CCCCC1c1nnc2n1CCN(C(=O)c1ccncc1)C2. The predicted octanol–water partition coefficient (Wildman–Crippen LogP) is 0.816. The lowest BCUT2D eigenvalue weighted by Crippen LogP contribution is -2.41. The van der Waals surface area contributed by atoms with Crippen LogP contribution < -0.4 is 0 Å². The first-order valence-electron chi connectivity index (χ1n) is 9.03. The van der Waals surface area contributed by atoms with Crippen molar-refractivity contribution in [2.45, 2.75) is 38.4 Å². The molecule has 2 aromatic heterocycles. The van der Waals surface area contributed by atoms with Gasteiger partial charge in [0.25, 0.3) is 5.91 Å². The van der Waals surface area contributed by atoms with Crippen LogP contribution in [0, 0.1) is 0 Å². The molecule has 2 aromatic rings. The fourth-order valence-electron chi connectivity index (χ4n) is 3.84. The summed E-state index contributed by atoms with van der Waals surface area (Å²) in [5.74, 6) is 1.31. The van der Waals surface area contributed by atoms with Gasteiger partial charge in [0, 0.05) is 37.6 Å². The first kappa shape index (κ1) is 18.1. The molecule has 0 saturated carbocycles. The normalized spacial score (nSPS) is 21.1. The molecule has 2 aliphatic rings. The highest BCUT2D eigenvalue weighted by Crippen LogP contribution is 2.33. The lowest BCUT2D eigenvalue weighted by Gasteiger charge is -2.34. The molecule has 10 heteroatoms. The quantitative estimate of drug-likeness (QED) is 0.769. The Bertz CT molecular complexity index is 943. The molecular formula is C17H22N6O3S. The zero-order valence-corrected chi connectivity index (χ0v) is 16.0. The summed E-state index contributed by atoms with van der Waals surface area (Å²) in [5, 5.41) is 8.57. The van der Waals surface area contributed by atoms with Gasteiger partial charge >= 0.3 is 0 Å².